The third-order valence-electron chi connectivity index (χ3n) is 3.36. The minimum atomic E-state index is -0.283. The number of fused-ring (bicyclic) bond motifs is 1. The van der Waals surface area contributed by atoms with Gasteiger partial charge in [0.15, 0.2) is 11.9 Å². The zero-order valence-electron chi connectivity index (χ0n) is 11.7. The van der Waals surface area contributed by atoms with Crippen LogP contribution in [0.5, 0.6) is 0 Å². The number of halogens is 1. The number of carbonyl (C=O) groups excluding carboxylic acids is 1. The molecule has 0 spiro atoms. The second-order valence-corrected chi connectivity index (χ2v) is 5.20. The Hall–Kier alpha value is -2.56. The van der Waals surface area contributed by atoms with Gasteiger partial charge in [0.2, 0.25) is 0 Å². The molecule has 0 radical (unpaired) electrons. The van der Waals surface area contributed by atoms with Crippen molar-refractivity contribution in [2.75, 3.05) is 0 Å². The summed E-state index contributed by atoms with van der Waals surface area (Å²) in [6, 6.07) is 8.12. The van der Waals surface area contributed by atoms with E-state index in [4.69, 9.17) is 0 Å². The molecule has 2 heterocycles. The second-order valence-electron chi connectivity index (χ2n) is 5.20. The maximum Gasteiger partial charge on any atom is 0.170 e. The number of carbonyl (C=O) groups is 1. The highest BCUT2D eigenvalue weighted by Crippen LogP contribution is 2.25. The molecule has 0 N–H and O–H groups in total. The van der Waals surface area contributed by atoms with E-state index in [1.54, 1.807) is 22.8 Å². The van der Waals surface area contributed by atoms with Crippen molar-refractivity contribution in [3.05, 3.63) is 53.6 Å². The van der Waals surface area contributed by atoms with Crippen LogP contribution in [0.15, 0.2) is 36.5 Å². The number of aldehydes is 1. The standard InChI is InChI=1S/C16H14FN3O/c1-10(2)14-7-15(11-3-5-12(17)6-4-11)19-20-8-13(9-21)18-16(14)20/h3-10H,1-2H3. The zero-order valence-corrected chi connectivity index (χ0v) is 11.7. The van der Waals surface area contributed by atoms with E-state index in [0.717, 1.165) is 16.8 Å². The van der Waals surface area contributed by atoms with Gasteiger partial charge in [0.25, 0.3) is 0 Å². The molecule has 3 rings (SSSR count). The number of benzene rings is 1. The largest absolute Gasteiger partial charge is 0.296 e. The summed E-state index contributed by atoms with van der Waals surface area (Å²) in [5, 5.41) is 4.46. The minimum absolute atomic E-state index is 0.233. The Morgan fingerprint density at radius 2 is 1.95 bits per heavy atom. The highest BCUT2D eigenvalue weighted by atomic mass is 19.1. The number of hydrogen-bond donors (Lipinski definition) is 0. The lowest BCUT2D eigenvalue weighted by Crippen LogP contribution is -2.00. The lowest BCUT2D eigenvalue weighted by Gasteiger charge is -2.10. The molecule has 0 unspecified atom stereocenters. The molecule has 0 bridgehead atoms. The Morgan fingerprint density at radius 1 is 1.24 bits per heavy atom. The smallest absolute Gasteiger partial charge is 0.170 e. The van der Waals surface area contributed by atoms with E-state index in [0.29, 0.717) is 17.6 Å². The van der Waals surface area contributed by atoms with Crippen molar-refractivity contribution < 1.29 is 9.18 Å². The van der Waals surface area contributed by atoms with Gasteiger partial charge in [-0.15, -0.1) is 0 Å². The van der Waals surface area contributed by atoms with Gasteiger partial charge in [0.1, 0.15) is 11.5 Å². The highest BCUT2D eigenvalue weighted by molar-refractivity contribution is 5.74. The summed E-state index contributed by atoms with van der Waals surface area (Å²) in [4.78, 5) is 15.2. The van der Waals surface area contributed by atoms with E-state index in [1.807, 2.05) is 6.07 Å². The molecular formula is C16H14FN3O. The van der Waals surface area contributed by atoms with Gasteiger partial charge in [-0.05, 0) is 36.2 Å². The Kier molecular flexibility index (Phi) is 3.25. The van der Waals surface area contributed by atoms with Crippen molar-refractivity contribution in [1.82, 2.24) is 14.6 Å². The fourth-order valence-corrected chi connectivity index (χ4v) is 2.26. The molecule has 3 aromatic rings. The van der Waals surface area contributed by atoms with E-state index in [2.05, 4.69) is 23.9 Å². The number of aromatic nitrogens is 3. The van der Waals surface area contributed by atoms with Gasteiger partial charge in [-0.25, -0.2) is 13.9 Å². The van der Waals surface area contributed by atoms with Crippen LogP contribution in [0.4, 0.5) is 4.39 Å². The summed E-state index contributed by atoms with van der Waals surface area (Å²) < 4.78 is 14.6. The molecule has 5 heteroatoms. The molecule has 4 nitrogen and oxygen atoms in total. The summed E-state index contributed by atoms with van der Waals surface area (Å²) in [6.45, 7) is 4.11. The first-order chi connectivity index (χ1) is 10.1. The Labute approximate surface area is 121 Å². The van der Waals surface area contributed by atoms with Crippen LogP contribution < -0.4 is 0 Å². The molecule has 0 aliphatic carbocycles. The average molecular weight is 283 g/mol. The van der Waals surface area contributed by atoms with Crippen molar-refractivity contribution in [3.8, 4) is 11.3 Å². The molecule has 106 valence electrons. The summed E-state index contributed by atoms with van der Waals surface area (Å²) in [5.41, 5.74) is 3.57. The first-order valence-electron chi connectivity index (χ1n) is 6.70. The van der Waals surface area contributed by atoms with Crippen LogP contribution in [-0.4, -0.2) is 20.9 Å². The zero-order chi connectivity index (χ0) is 15.0. The van der Waals surface area contributed by atoms with E-state index in [9.17, 15) is 9.18 Å². The van der Waals surface area contributed by atoms with Gasteiger partial charge < -0.3 is 0 Å². The topological polar surface area (TPSA) is 47.3 Å². The SMILES string of the molecule is CC(C)c1cc(-c2ccc(F)cc2)nn2cc(C=O)nc12. The van der Waals surface area contributed by atoms with Crippen LogP contribution in [0.25, 0.3) is 16.9 Å². The Balaban J connectivity index is 2.24. The Morgan fingerprint density at radius 3 is 2.57 bits per heavy atom. The molecule has 21 heavy (non-hydrogen) atoms. The quantitative estimate of drug-likeness (QED) is 0.691. The predicted octanol–water partition coefficient (Wildman–Crippen LogP) is 3.47. The van der Waals surface area contributed by atoms with Gasteiger partial charge >= 0.3 is 0 Å². The first-order valence-corrected chi connectivity index (χ1v) is 6.70. The average Bonchev–Trinajstić information content (AvgIpc) is 2.89. The van der Waals surface area contributed by atoms with Crippen molar-refractivity contribution in [3.63, 3.8) is 0 Å². The molecule has 2 aromatic heterocycles. The highest BCUT2D eigenvalue weighted by Gasteiger charge is 2.13. The van der Waals surface area contributed by atoms with Gasteiger partial charge in [0, 0.05) is 11.1 Å². The summed E-state index contributed by atoms with van der Waals surface area (Å²) in [7, 11) is 0. The monoisotopic (exact) mass is 283 g/mol. The fourth-order valence-electron chi connectivity index (χ4n) is 2.26. The molecule has 0 saturated heterocycles. The molecule has 0 atom stereocenters. The molecule has 0 fully saturated rings. The minimum Gasteiger partial charge on any atom is -0.296 e. The van der Waals surface area contributed by atoms with Crippen LogP contribution in [-0.2, 0) is 0 Å². The lowest BCUT2D eigenvalue weighted by atomic mass is 10.0. The van der Waals surface area contributed by atoms with Crippen LogP contribution in [0.1, 0.15) is 35.8 Å². The summed E-state index contributed by atoms with van der Waals surface area (Å²) in [5.74, 6) is -0.0496. The first kappa shape index (κ1) is 13.4. The summed E-state index contributed by atoms with van der Waals surface area (Å²) >= 11 is 0. The number of hydrogen-bond acceptors (Lipinski definition) is 3. The van der Waals surface area contributed by atoms with Gasteiger partial charge in [0.05, 0.1) is 11.9 Å². The maximum atomic E-state index is 13.0. The molecule has 1 aromatic carbocycles. The fraction of sp³-hybridized carbons (Fsp3) is 0.188. The van der Waals surface area contributed by atoms with Crippen molar-refractivity contribution >= 4 is 11.9 Å². The van der Waals surface area contributed by atoms with E-state index < -0.39 is 0 Å². The molecule has 0 aliphatic rings. The van der Waals surface area contributed by atoms with Crippen molar-refractivity contribution in [2.24, 2.45) is 0 Å². The van der Waals surface area contributed by atoms with E-state index >= 15 is 0 Å². The van der Waals surface area contributed by atoms with Crippen molar-refractivity contribution in [1.29, 1.82) is 0 Å². The third kappa shape index (κ3) is 2.42. The normalized spacial score (nSPS) is 11.2. The molecule has 0 saturated carbocycles. The van der Waals surface area contributed by atoms with Crippen molar-refractivity contribution in [2.45, 2.75) is 19.8 Å². The third-order valence-corrected chi connectivity index (χ3v) is 3.36. The van der Waals surface area contributed by atoms with E-state index in [-0.39, 0.29) is 11.7 Å². The van der Waals surface area contributed by atoms with Crippen LogP contribution in [0.2, 0.25) is 0 Å². The van der Waals surface area contributed by atoms with Crippen LogP contribution in [0.3, 0.4) is 0 Å². The van der Waals surface area contributed by atoms with Crippen LogP contribution >= 0.6 is 0 Å². The molecular weight excluding hydrogens is 269 g/mol. The molecule has 0 aliphatic heterocycles. The number of imidazole rings is 1. The Bertz CT molecular complexity index is 806. The van der Waals surface area contributed by atoms with Gasteiger partial charge in [-0.1, -0.05) is 13.8 Å². The second kappa shape index (κ2) is 5.09. The lowest BCUT2D eigenvalue weighted by molar-refractivity contribution is 0.111. The maximum absolute atomic E-state index is 13.0. The van der Waals surface area contributed by atoms with E-state index in [1.165, 1.54) is 12.1 Å². The number of rotatable bonds is 3. The summed E-state index contributed by atoms with van der Waals surface area (Å²) in [6.07, 6.45) is 2.30. The molecule has 0 amide bonds. The predicted molar refractivity (Wildman–Crippen MR) is 77.9 cm³/mol. The van der Waals surface area contributed by atoms with Crippen LogP contribution in [0, 0.1) is 5.82 Å². The van der Waals surface area contributed by atoms with Gasteiger partial charge in [-0.2, -0.15) is 5.10 Å². The number of nitrogens with zero attached hydrogens (tertiary/aromatic N) is 3. The van der Waals surface area contributed by atoms with Gasteiger partial charge in [-0.3, -0.25) is 4.79 Å².